The van der Waals surface area contributed by atoms with Crippen LogP contribution in [0.25, 0.3) is 10.1 Å². The van der Waals surface area contributed by atoms with Gasteiger partial charge in [-0.2, -0.15) is 11.3 Å². The van der Waals surface area contributed by atoms with Gasteiger partial charge in [0.15, 0.2) is 0 Å². The van der Waals surface area contributed by atoms with Crippen LogP contribution >= 0.6 is 11.3 Å². The summed E-state index contributed by atoms with van der Waals surface area (Å²) in [7, 11) is 0. The summed E-state index contributed by atoms with van der Waals surface area (Å²) in [5.41, 5.74) is 1.08. The molecule has 0 N–H and O–H groups in total. The van der Waals surface area contributed by atoms with E-state index in [1.165, 1.54) is 6.07 Å². The fourth-order valence-corrected chi connectivity index (χ4v) is 2.55. The highest BCUT2D eigenvalue weighted by atomic mass is 32.1. The monoisotopic (exact) mass is 243 g/mol. The van der Waals surface area contributed by atoms with E-state index in [1.807, 2.05) is 26.0 Å². The fraction of sp³-hybridized carbons (Fsp3) is 0.273. The van der Waals surface area contributed by atoms with Crippen LogP contribution in [0.5, 0.6) is 0 Å². The largest absolute Gasteiger partial charge is 0.519 e. The molecule has 0 unspecified atom stereocenters. The number of hydrogen-bond acceptors (Lipinski definition) is 1. The maximum Gasteiger partial charge on any atom is 0.519 e. The van der Waals surface area contributed by atoms with Crippen LogP contribution in [-0.4, -0.2) is 6.98 Å². The Morgan fingerprint density at radius 1 is 1.12 bits per heavy atom. The van der Waals surface area contributed by atoms with Crippen molar-refractivity contribution in [2.24, 2.45) is 0 Å². The second kappa shape index (κ2) is 3.80. The molecule has 0 amide bonds. The maximum atomic E-state index is 12.6. The molecule has 0 fully saturated rings. The Balaban J connectivity index is 2.54. The van der Waals surface area contributed by atoms with Crippen LogP contribution in [-0.2, 0) is 0 Å². The van der Waals surface area contributed by atoms with E-state index in [9.17, 15) is 12.9 Å². The molecule has 86 valence electrons. The van der Waals surface area contributed by atoms with Gasteiger partial charge >= 0.3 is 6.98 Å². The summed E-state index contributed by atoms with van der Waals surface area (Å²) in [6.45, 7) is -0.808. The molecule has 0 saturated carbocycles. The van der Waals surface area contributed by atoms with Crippen LogP contribution < -0.4 is 4.78 Å². The molecule has 0 aliphatic heterocycles. The van der Waals surface area contributed by atoms with E-state index in [-0.39, 0.29) is 0 Å². The zero-order valence-electron chi connectivity index (χ0n) is 9.01. The van der Waals surface area contributed by atoms with E-state index < -0.39 is 11.8 Å². The maximum absolute atomic E-state index is 12.6. The number of rotatable bonds is 2. The summed E-state index contributed by atoms with van der Waals surface area (Å²) in [4.78, 5) is 0. The van der Waals surface area contributed by atoms with Crippen LogP contribution in [0.15, 0.2) is 24.3 Å². The number of benzene rings is 1. The van der Waals surface area contributed by atoms with Crippen LogP contribution in [0.2, 0.25) is 0 Å². The standard InChI is InChI=1S/C11H11BF3S/c1-7(2)8-3-4-10-9(5-8)6-11(16-10)12(13,14)15/h3-7H,1-2H3/q-1. The Kier molecular flexibility index (Phi) is 2.74. The van der Waals surface area contributed by atoms with Crippen molar-refractivity contribution in [3.8, 4) is 0 Å². The van der Waals surface area contributed by atoms with Gasteiger partial charge in [0.25, 0.3) is 0 Å². The summed E-state index contributed by atoms with van der Waals surface area (Å²) < 4.78 is 37.9. The van der Waals surface area contributed by atoms with Gasteiger partial charge in [-0.25, -0.2) is 0 Å². The zero-order valence-corrected chi connectivity index (χ0v) is 9.82. The lowest BCUT2D eigenvalue weighted by molar-refractivity contribution is 0.503. The fourth-order valence-electron chi connectivity index (χ4n) is 1.60. The molecule has 0 nitrogen and oxygen atoms in total. The Labute approximate surface area is 96.2 Å². The second-order valence-electron chi connectivity index (χ2n) is 4.18. The van der Waals surface area contributed by atoms with Gasteiger partial charge in [-0.3, -0.25) is 0 Å². The quantitative estimate of drug-likeness (QED) is 0.697. The minimum Gasteiger partial charge on any atom is -0.444 e. The van der Waals surface area contributed by atoms with Crippen molar-refractivity contribution >= 4 is 33.2 Å². The predicted octanol–water partition coefficient (Wildman–Crippen LogP) is 4.08. The molecule has 1 aromatic heterocycles. The van der Waals surface area contributed by atoms with Crippen molar-refractivity contribution in [1.29, 1.82) is 0 Å². The summed E-state index contributed by atoms with van der Waals surface area (Å²) in [6.07, 6.45) is 0. The first kappa shape index (κ1) is 11.5. The van der Waals surface area contributed by atoms with Crippen LogP contribution in [0.1, 0.15) is 25.3 Å². The number of hydrogen-bond donors (Lipinski definition) is 0. The minimum absolute atomic E-state index is 0.337. The molecule has 0 aliphatic rings. The Morgan fingerprint density at radius 3 is 2.38 bits per heavy atom. The molecule has 16 heavy (non-hydrogen) atoms. The van der Waals surface area contributed by atoms with Gasteiger partial charge < -0.3 is 12.9 Å². The third-order valence-electron chi connectivity index (χ3n) is 2.55. The highest BCUT2D eigenvalue weighted by Gasteiger charge is 2.27. The summed E-state index contributed by atoms with van der Waals surface area (Å²) in [5.74, 6) is 0.337. The van der Waals surface area contributed by atoms with Crippen molar-refractivity contribution in [2.45, 2.75) is 19.8 Å². The van der Waals surface area contributed by atoms with Gasteiger partial charge in [0, 0.05) is 4.70 Å². The molecule has 0 spiro atoms. The number of thiophene rings is 1. The molecule has 2 rings (SSSR count). The van der Waals surface area contributed by atoms with Gasteiger partial charge in [-0.1, -0.05) is 36.8 Å². The van der Waals surface area contributed by atoms with Crippen LogP contribution in [0.3, 0.4) is 0 Å². The Bertz CT molecular complexity index is 513. The van der Waals surface area contributed by atoms with E-state index in [1.54, 1.807) is 6.07 Å². The van der Waals surface area contributed by atoms with E-state index in [0.29, 0.717) is 16.0 Å². The van der Waals surface area contributed by atoms with Gasteiger partial charge in [0.05, 0.1) is 0 Å². The van der Waals surface area contributed by atoms with Gasteiger partial charge in [0.1, 0.15) is 0 Å². The van der Waals surface area contributed by atoms with E-state index in [0.717, 1.165) is 16.9 Å². The van der Waals surface area contributed by atoms with Crippen LogP contribution in [0.4, 0.5) is 12.9 Å². The van der Waals surface area contributed by atoms with Crippen molar-refractivity contribution in [3.63, 3.8) is 0 Å². The van der Waals surface area contributed by atoms with Crippen molar-refractivity contribution in [1.82, 2.24) is 0 Å². The van der Waals surface area contributed by atoms with Gasteiger partial charge in [-0.15, -0.1) is 0 Å². The molecule has 0 bridgehead atoms. The Morgan fingerprint density at radius 2 is 1.81 bits per heavy atom. The number of fused-ring (bicyclic) bond motifs is 1. The summed E-state index contributed by atoms with van der Waals surface area (Å²) >= 11 is 0.827. The van der Waals surface area contributed by atoms with E-state index >= 15 is 0 Å². The molecule has 0 atom stereocenters. The molecule has 0 saturated heterocycles. The molecule has 1 aromatic carbocycles. The lowest BCUT2D eigenvalue weighted by atomic mass is 9.89. The third-order valence-corrected chi connectivity index (χ3v) is 3.76. The number of halogens is 3. The molecule has 0 radical (unpaired) electrons. The van der Waals surface area contributed by atoms with Gasteiger partial charge in [-0.05, 0) is 22.9 Å². The second-order valence-corrected chi connectivity index (χ2v) is 5.29. The average molecular weight is 243 g/mol. The minimum atomic E-state index is -4.87. The molecular weight excluding hydrogens is 232 g/mol. The smallest absolute Gasteiger partial charge is 0.444 e. The first-order valence-corrected chi connectivity index (χ1v) is 5.93. The topological polar surface area (TPSA) is 0 Å². The highest BCUT2D eigenvalue weighted by Crippen LogP contribution is 2.27. The average Bonchev–Trinajstić information content (AvgIpc) is 2.58. The normalized spacial score (nSPS) is 12.6. The summed E-state index contributed by atoms with van der Waals surface area (Å²) in [5, 5.41) is 0.699. The molecule has 5 heteroatoms. The van der Waals surface area contributed by atoms with Crippen molar-refractivity contribution in [3.05, 3.63) is 29.8 Å². The molecule has 2 aromatic rings. The highest BCUT2D eigenvalue weighted by molar-refractivity contribution is 7.29. The van der Waals surface area contributed by atoms with Crippen molar-refractivity contribution in [2.75, 3.05) is 0 Å². The molecule has 1 heterocycles. The van der Waals surface area contributed by atoms with E-state index in [4.69, 9.17) is 0 Å². The Hall–Kier alpha value is -0.965. The SMILES string of the molecule is CC(C)c1ccc2sc([B-](F)(F)F)cc2c1. The van der Waals surface area contributed by atoms with Crippen LogP contribution in [0, 0.1) is 0 Å². The van der Waals surface area contributed by atoms with Crippen molar-refractivity contribution < 1.29 is 12.9 Å². The lowest BCUT2D eigenvalue weighted by Gasteiger charge is -2.09. The van der Waals surface area contributed by atoms with Gasteiger partial charge in [0.2, 0.25) is 0 Å². The molecular formula is C11H11BF3S-. The third kappa shape index (κ3) is 2.09. The molecule has 0 aliphatic carbocycles. The zero-order chi connectivity index (χ0) is 11.9. The first-order chi connectivity index (χ1) is 7.38. The lowest BCUT2D eigenvalue weighted by Crippen LogP contribution is -2.30. The first-order valence-electron chi connectivity index (χ1n) is 5.11. The predicted molar refractivity (Wildman–Crippen MR) is 64.6 cm³/mol. The van der Waals surface area contributed by atoms with E-state index in [2.05, 4.69) is 0 Å². The summed E-state index contributed by atoms with van der Waals surface area (Å²) in [6, 6.07) is 6.78.